The van der Waals surface area contributed by atoms with Gasteiger partial charge >= 0.3 is 0 Å². The third kappa shape index (κ3) is 2.64. The number of rotatable bonds is 3. The standard InChI is InChI=1S/C14H10F2N2O2S/c15-10-3-1-2-8(13(10)16)7-21(19)14-18-11-5-4-9(17)6-12(11)20-14/h1-6H,7,17H2. The number of nitrogens with two attached hydrogens (primary N) is 1. The lowest BCUT2D eigenvalue weighted by molar-refractivity contribution is 0.476. The lowest BCUT2D eigenvalue weighted by Gasteiger charge is -2.01. The van der Waals surface area contributed by atoms with Gasteiger partial charge in [0.25, 0.3) is 5.22 Å². The predicted molar refractivity (Wildman–Crippen MR) is 74.9 cm³/mol. The number of hydrogen-bond donors (Lipinski definition) is 1. The molecule has 0 bridgehead atoms. The SMILES string of the molecule is Nc1ccc2nc(S(=O)Cc3cccc(F)c3F)oc2c1. The molecule has 0 spiro atoms. The molecule has 2 aromatic carbocycles. The molecule has 3 aromatic rings. The van der Waals surface area contributed by atoms with Crippen molar-refractivity contribution in [1.29, 1.82) is 0 Å². The normalized spacial score (nSPS) is 12.7. The Balaban J connectivity index is 1.91. The Hall–Kier alpha value is -2.28. The van der Waals surface area contributed by atoms with Crippen LogP contribution in [0.5, 0.6) is 0 Å². The zero-order valence-corrected chi connectivity index (χ0v) is 11.5. The summed E-state index contributed by atoms with van der Waals surface area (Å²) in [6.07, 6.45) is 0. The summed E-state index contributed by atoms with van der Waals surface area (Å²) < 4.78 is 44.2. The van der Waals surface area contributed by atoms with E-state index in [2.05, 4.69) is 4.98 Å². The number of nitrogens with zero attached hydrogens (tertiary/aromatic N) is 1. The van der Waals surface area contributed by atoms with Gasteiger partial charge in [-0.1, -0.05) is 12.1 Å². The van der Waals surface area contributed by atoms with Gasteiger partial charge in [0, 0.05) is 17.3 Å². The molecular formula is C14H10F2N2O2S. The van der Waals surface area contributed by atoms with Crippen molar-refractivity contribution in [3.63, 3.8) is 0 Å². The van der Waals surface area contributed by atoms with Crippen molar-refractivity contribution < 1.29 is 17.4 Å². The Labute approximate surface area is 121 Å². The van der Waals surface area contributed by atoms with Crippen LogP contribution in [0.2, 0.25) is 0 Å². The van der Waals surface area contributed by atoms with Crippen molar-refractivity contribution in [2.75, 3.05) is 5.73 Å². The van der Waals surface area contributed by atoms with Crippen LogP contribution in [0.3, 0.4) is 0 Å². The molecular weight excluding hydrogens is 298 g/mol. The summed E-state index contributed by atoms with van der Waals surface area (Å²) in [6.45, 7) is 0. The molecule has 1 unspecified atom stereocenters. The van der Waals surface area contributed by atoms with Crippen LogP contribution in [0.4, 0.5) is 14.5 Å². The maximum atomic E-state index is 13.6. The summed E-state index contributed by atoms with van der Waals surface area (Å²) in [7, 11) is -1.72. The molecule has 0 fully saturated rings. The van der Waals surface area contributed by atoms with E-state index in [-0.39, 0.29) is 16.5 Å². The fraction of sp³-hybridized carbons (Fsp3) is 0.0714. The molecule has 4 nitrogen and oxygen atoms in total. The Bertz CT molecular complexity index is 848. The summed E-state index contributed by atoms with van der Waals surface area (Å²) in [5.41, 5.74) is 7.02. The zero-order chi connectivity index (χ0) is 15.0. The summed E-state index contributed by atoms with van der Waals surface area (Å²) in [4.78, 5) is 4.06. The Morgan fingerprint density at radius 1 is 1.24 bits per heavy atom. The number of fused-ring (bicyclic) bond motifs is 1. The number of benzene rings is 2. The fourth-order valence-corrected chi connectivity index (χ4v) is 2.89. The number of aromatic nitrogens is 1. The quantitative estimate of drug-likeness (QED) is 0.755. The van der Waals surface area contributed by atoms with E-state index in [0.717, 1.165) is 6.07 Å². The number of nitrogen functional groups attached to an aromatic ring is 1. The Morgan fingerprint density at radius 3 is 2.86 bits per heavy atom. The highest BCUT2D eigenvalue weighted by atomic mass is 32.2. The minimum Gasteiger partial charge on any atom is -0.430 e. The largest absolute Gasteiger partial charge is 0.430 e. The second kappa shape index (κ2) is 5.25. The summed E-state index contributed by atoms with van der Waals surface area (Å²) in [5, 5.41) is -0.0424. The van der Waals surface area contributed by atoms with E-state index in [4.69, 9.17) is 10.2 Å². The van der Waals surface area contributed by atoms with E-state index < -0.39 is 22.4 Å². The molecule has 21 heavy (non-hydrogen) atoms. The van der Waals surface area contributed by atoms with Crippen LogP contribution in [0.1, 0.15) is 5.56 Å². The third-order valence-corrected chi connectivity index (χ3v) is 4.04. The van der Waals surface area contributed by atoms with Gasteiger partial charge in [-0.3, -0.25) is 0 Å². The van der Waals surface area contributed by atoms with Crippen LogP contribution in [0, 0.1) is 11.6 Å². The van der Waals surface area contributed by atoms with Crippen molar-refractivity contribution in [2.45, 2.75) is 11.0 Å². The molecule has 1 atom stereocenters. The molecule has 7 heteroatoms. The topological polar surface area (TPSA) is 69.1 Å². The molecule has 3 rings (SSSR count). The average Bonchev–Trinajstić information content (AvgIpc) is 2.87. The van der Waals surface area contributed by atoms with Crippen LogP contribution in [-0.2, 0) is 16.6 Å². The lowest BCUT2D eigenvalue weighted by Crippen LogP contribution is -2.00. The van der Waals surface area contributed by atoms with Crippen LogP contribution in [0.15, 0.2) is 46.0 Å². The molecule has 0 radical (unpaired) electrons. The minimum atomic E-state index is -1.72. The molecule has 0 saturated heterocycles. The number of oxazole rings is 1. The monoisotopic (exact) mass is 308 g/mol. The van der Waals surface area contributed by atoms with E-state index in [9.17, 15) is 13.0 Å². The maximum absolute atomic E-state index is 13.6. The first kappa shape index (κ1) is 13.7. The van der Waals surface area contributed by atoms with E-state index in [1.165, 1.54) is 12.1 Å². The first-order valence-electron chi connectivity index (χ1n) is 6.02. The summed E-state index contributed by atoms with van der Waals surface area (Å²) in [5.74, 6) is -2.20. The molecule has 0 amide bonds. The Kier molecular flexibility index (Phi) is 3.42. The van der Waals surface area contributed by atoms with Crippen LogP contribution in [0.25, 0.3) is 11.1 Å². The molecule has 1 heterocycles. The van der Waals surface area contributed by atoms with Crippen LogP contribution >= 0.6 is 0 Å². The number of hydrogen-bond acceptors (Lipinski definition) is 4. The zero-order valence-electron chi connectivity index (χ0n) is 10.7. The highest BCUT2D eigenvalue weighted by Crippen LogP contribution is 2.22. The highest BCUT2D eigenvalue weighted by Gasteiger charge is 2.17. The molecule has 0 saturated carbocycles. The number of halogens is 2. The van der Waals surface area contributed by atoms with Gasteiger partial charge < -0.3 is 10.2 Å². The van der Waals surface area contributed by atoms with Gasteiger partial charge in [-0.15, -0.1) is 0 Å². The Morgan fingerprint density at radius 2 is 2.05 bits per heavy atom. The second-order valence-electron chi connectivity index (χ2n) is 4.41. The predicted octanol–water partition coefficient (Wildman–Crippen LogP) is 3.00. The van der Waals surface area contributed by atoms with E-state index in [1.54, 1.807) is 18.2 Å². The van der Waals surface area contributed by atoms with Gasteiger partial charge in [0.05, 0.1) is 5.75 Å². The second-order valence-corrected chi connectivity index (χ2v) is 5.74. The lowest BCUT2D eigenvalue weighted by atomic mass is 10.2. The third-order valence-electron chi connectivity index (χ3n) is 2.91. The van der Waals surface area contributed by atoms with Crippen LogP contribution < -0.4 is 5.73 Å². The van der Waals surface area contributed by atoms with Crippen molar-refractivity contribution in [3.8, 4) is 0 Å². The first-order valence-corrected chi connectivity index (χ1v) is 7.34. The van der Waals surface area contributed by atoms with E-state index >= 15 is 0 Å². The van der Waals surface area contributed by atoms with Crippen molar-refractivity contribution in [2.24, 2.45) is 0 Å². The number of anilines is 1. The molecule has 2 N–H and O–H groups in total. The molecule has 1 aromatic heterocycles. The molecule has 0 aliphatic carbocycles. The highest BCUT2D eigenvalue weighted by molar-refractivity contribution is 7.84. The smallest absolute Gasteiger partial charge is 0.288 e. The minimum absolute atomic E-state index is 0.00935. The molecule has 108 valence electrons. The van der Waals surface area contributed by atoms with Gasteiger partial charge in [0.2, 0.25) is 0 Å². The van der Waals surface area contributed by atoms with Gasteiger partial charge in [-0.2, -0.15) is 0 Å². The maximum Gasteiger partial charge on any atom is 0.288 e. The van der Waals surface area contributed by atoms with Crippen LogP contribution in [-0.4, -0.2) is 9.19 Å². The summed E-state index contributed by atoms with van der Waals surface area (Å²) in [6, 6.07) is 8.58. The van der Waals surface area contributed by atoms with Crippen molar-refractivity contribution in [3.05, 3.63) is 53.6 Å². The summed E-state index contributed by atoms with van der Waals surface area (Å²) >= 11 is 0. The van der Waals surface area contributed by atoms with E-state index in [0.29, 0.717) is 16.8 Å². The van der Waals surface area contributed by atoms with Crippen molar-refractivity contribution in [1.82, 2.24) is 4.98 Å². The first-order chi connectivity index (χ1) is 10.0. The van der Waals surface area contributed by atoms with Gasteiger partial charge in [0.1, 0.15) is 16.3 Å². The van der Waals surface area contributed by atoms with Gasteiger partial charge in [0.15, 0.2) is 17.2 Å². The van der Waals surface area contributed by atoms with Crippen molar-refractivity contribution >= 4 is 27.6 Å². The molecule has 0 aliphatic rings. The van der Waals surface area contributed by atoms with Gasteiger partial charge in [-0.25, -0.2) is 18.0 Å². The fourth-order valence-electron chi connectivity index (χ4n) is 1.88. The average molecular weight is 308 g/mol. The van der Waals surface area contributed by atoms with E-state index in [1.807, 2.05) is 0 Å². The molecule has 0 aliphatic heterocycles. The van der Waals surface area contributed by atoms with Gasteiger partial charge in [-0.05, 0) is 18.2 Å².